The van der Waals surface area contributed by atoms with Crippen molar-refractivity contribution < 1.29 is 0 Å². The molecule has 0 bridgehead atoms. The Bertz CT molecular complexity index is 662. The van der Waals surface area contributed by atoms with Crippen LogP contribution in [0.5, 0.6) is 0 Å². The number of aryl methyl sites for hydroxylation is 1. The highest BCUT2D eigenvalue weighted by Crippen LogP contribution is 2.15. The van der Waals surface area contributed by atoms with E-state index in [4.69, 9.17) is 29.6 Å². The van der Waals surface area contributed by atoms with Crippen molar-refractivity contribution in [2.75, 3.05) is 0 Å². The number of nitrogens with zero attached hydrogens (tertiary/aromatic N) is 1. The summed E-state index contributed by atoms with van der Waals surface area (Å²) in [6.45, 7) is 1.85. The van der Waals surface area contributed by atoms with Gasteiger partial charge in [0.15, 0.2) is 5.43 Å². The number of halogens is 1. The first-order valence-electron chi connectivity index (χ1n) is 5.28. The molecule has 2 aromatic rings. The molecular formula is C13H11ClN2OS. The van der Waals surface area contributed by atoms with E-state index in [2.05, 4.69) is 0 Å². The fraction of sp³-hybridized carbons (Fsp3) is 0.0769. The van der Waals surface area contributed by atoms with E-state index in [1.165, 1.54) is 6.07 Å². The highest BCUT2D eigenvalue weighted by atomic mass is 35.5. The molecule has 0 saturated carbocycles. The second-order valence-electron chi connectivity index (χ2n) is 3.90. The minimum Gasteiger partial charge on any atom is -0.389 e. The maximum atomic E-state index is 11.7. The molecule has 18 heavy (non-hydrogen) atoms. The lowest BCUT2D eigenvalue weighted by atomic mass is 10.2. The Morgan fingerprint density at radius 2 is 1.94 bits per heavy atom. The molecule has 0 radical (unpaired) electrons. The van der Waals surface area contributed by atoms with E-state index in [1.54, 1.807) is 18.3 Å². The molecule has 1 aromatic carbocycles. The first-order chi connectivity index (χ1) is 8.49. The first-order valence-corrected chi connectivity index (χ1v) is 6.06. The summed E-state index contributed by atoms with van der Waals surface area (Å²) in [5, 5.41) is 0.659. The predicted molar refractivity (Wildman–Crippen MR) is 77.7 cm³/mol. The van der Waals surface area contributed by atoms with Gasteiger partial charge in [-0.3, -0.25) is 4.79 Å². The van der Waals surface area contributed by atoms with E-state index in [0.717, 1.165) is 11.4 Å². The molecule has 0 spiro atoms. The third-order valence-electron chi connectivity index (χ3n) is 2.61. The molecule has 92 valence electrons. The molecule has 0 aliphatic rings. The third-order valence-corrected chi connectivity index (χ3v) is 3.09. The van der Waals surface area contributed by atoms with Gasteiger partial charge in [0, 0.05) is 28.7 Å². The van der Waals surface area contributed by atoms with Gasteiger partial charge >= 0.3 is 0 Å². The van der Waals surface area contributed by atoms with Gasteiger partial charge < -0.3 is 10.3 Å². The Morgan fingerprint density at radius 1 is 1.33 bits per heavy atom. The van der Waals surface area contributed by atoms with Gasteiger partial charge in [0.05, 0.1) is 5.56 Å². The molecule has 0 aliphatic heterocycles. The topological polar surface area (TPSA) is 48.0 Å². The monoisotopic (exact) mass is 278 g/mol. The third kappa shape index (κ3) is 2.44. The summed E-state index contributed by atoms with van der Waals surface area (Å²) in [6, 6.07) is 8.82. The van der Waals surface area contributed by atoms with Crippen molar-refractivity contribution in [1.29, 1.82) is 0 Å². The van der Waals surface area contributed by atoms with Crippen LogP contribution in [0.25, 0.3) is 5.69 Å². The van der Waals surface area contributed by atoms with E-state index >= 15 is 0 Å². The molecule has 0 amide bonds. The van der Waals surface area contributed by atoms with Gasteiger partial charge in [-0.2, -0.15) is 0 Å². The number of aromatic nitrogens is 1. The van der Waals surface area contributed by atoms with E-state index in [0.29, 0.717) is 10.6 Å². The molecule has 0 aliphatic carbocycles. The van der Waals surface area contributed by atoms with Crippen LogP contribution in [0, 0.1) is 6.92 Å². The number of hydrogen-bond acceptors (Lipinski definition) is 2. The van der Waals surface area contributed by atoms with E-state index in [9.17, 15) is 4.79 Å². The van der Waals surface area contributed by atoms with Crippen LogP contribution in [0.2, 0.25) is 5.02 Å². The minimum atomic E-state index is -0.162. The van der Waals surface area contributed by atoms with Crippen LogP contribution >= 0.6 is 23.8 Å². The van der Waals surface area contributed by atoms with Gasteiger partial charge in [0.1, 0.15) is 4.99 Å². The lowest BCUT2D eigenvalue weighted by Crippen LogP contribution is -2.22. The number of pyridine rings is 1. The summed E-state index contributed by atoms with van der Waals surface area (Å²) < 4.78 is 1.85. The van der Waals surface area contributed by atoms with Crippen molar-refractivity contribution in [2.45, 2.75) is 6.92 Å². The first kappa shape index (κ1) is 12.8. The lowest BCUT2D eigenvalue weighted by molar-refractivity contribution is 0.970. The van der Waals surface area contributed by atoms with Crippen LogP contribution in [-0.2, 0) is 0 Å². The number of benzene rings is 1. The minimum absolute atomic E-state index is 0.0997. The van der Waals surface area contributed by atoms with Crippen molar-refractivity contribution in [3.63, 3.8) is 0 Å². The molecule has 0 saturated heterocycles. The molecule has 3 nitrogen and oxygen atoms in total. The Morgan fingerprint density at radius 3 is 2.50 bits per heavy atom. The predicted octanol–water partition coefficient (Wildman–Crippen LogP) is 2.43. The standard InChI is InChI=1S/C13H11ClN2OS/c1-8-6-12(17)11(13(15)18)7-16(8)10-4-2-9(14)3-5-10/h2-7H,1H3,(H2,15,18). The molecule has 1 heterocycles. The van der Waals surface area contributed by atoms with Crippen molar-refractivity contribution >= 4 is 28.8 Å². The number of hydrogen-bond donors (Lipinski definition) is 1. The van der Waals surface area contributed by atoms with E-state index in [-0.39, 0.29) is 10.4 Å². The Balaban J connectivity index is 2.64. The fourth-order valence-corrected chi connectivity index (χ4v) is 1.98. The van der Waals surface area contributed by atoms with Crippen molar-refractivity contribution in [3.8, 4) is 5.69 Å². The fourth-order valence-electron chi connectivity index (χ4n) is 1.70. The van der Waals surface area contributed by atoms with Crippen LogP contribution in [-0.4, -0.2) is 9.56 Å². The average Bonchev–Trinajstić information content (AvgIpc) is 2.30. The van der Waals surface area contributed by atoms with Gasteiger partial charge in [-0.05, 0) is 31.2 Å². The average molecular weight is 279 g/mol. The molecule has 0 atom stereocenters. The van der Waals surface area contributed by atoms with Gasteiger partial charge in [0.25, 0.3) is 0 Å². The second kappa shape index (κ2) is 4.92. The van der Waals surface area contributed by atoms with E-state index < -0.39 is 0 Å². The van der Waals surface area contributed by atoms with Crippen LogP contribution in [0.1, 0.15) is 11.3 Å². The van der Waals surface area contributed by atoms with Crippen molar-refractivity contribution in [2.24, 2.45) is 5.73 Å². The van der Waals surface area contributed by atoms with Gasteiger partial charge in [0.2, 0.25) is 0 Å². The molecule has 0 fully saturated rings. The maximum Gasteiger partial charge on any atom is 0.192 e. The summed E-state index contributed by atoms with van der Waals surface area (Å²) >= 11 is 10.7. The van der Waals surface area contributed by atoms with Gasteiger partial charge in [-0.15, -0.1) is 0 Å². The van der Waals surface area contributed by atoms with Gasteiger partial charge in [-0.25, -0.2) is 0 Å². The van der Waals surface area contributed by atoms with Gasteiger partial charge in [-0.1, -0.05) is 23.8 Å². The van der Waals surface area contributed by atoms with Crippen LogP contribution < -0.4 is 11.2 Å². The van der Waals surface area contributed by atoms with Crippen molar-refractivity contribution in [1.82, 2.24) is 4.57 Å². The van der Waals surface area contributed by atoms with Crippen LogP contribution in [0.15, 0.2) is 41.3 Å². The Kier molecular flexibility index (Phi) is 3.50. The molecule has 1 aromatic heterocycles. The van der Waals surface area contributed by atoms with Crippen LogP contribution in [0.4, 0.5) is 0 Å². The zero-order valence-electron chi connectivity index (χ0n) is 9.68. The zero-order valence-corrected chi connectivity index (χ0v) is 11.3. The maximum absolute atomic E-state index is 11.7. The quantitative estimate of drug-likeness (QED) is 0.859. The number of thiocarbonyl (C=S) groups is 1. The molecule has 2 N–H and O–H groups in total. The normalized spacial score (nSPS) is 10.3. The lowest BCUT2D eigenvalue weighted by Gasteiger charge is -2.12. The largest absolute Gasteiger partial charge is 0.389 e. The molecule has 0 unspecified atom stereocenters. The zero-order chi connectivity index (χ0) is 13.3. The van der Waals surface area contributed by atoms with Crippen LogP contribution in [0.3, 0.4) is 0 Å². The second-order valence-corrected chi connectivity index (χ2v) is 4.78. The Labute approximate surface area is 115 Å². The van der Waals surface area contributed by atoms with E-state index in [1.807, 2.05) is 23.6 Å². The number of nitrogens with two attached hydrogens (primary N) is 1. The SMILES string of the molecule is Cc1cc(=O)c(C(N)=S)cn1-c1ccc(Cl)cc1. The Hall–Kier alpha value is -1.65. The molecule has 2 rings (SSSR count). The van der Waals surface area contributed by atoms with Crippen molar-refractivity contribution in [3.05, 3.63) is 63.0 Å². The summed E-state index contributed by atoms with van der Waals surface area (Å²) in [4.78, 5) is 11.8. The molecular weight excluding hydrogens is 268 g/mol. The summed E-state index contributed by atoms with van der Waals surface area (Å²) in [5.41, 5.74) is 7.41. The number of rotatable bonds is 2. The molecule has 5 heteroatoms. The smallest absolute Gasteiger partial charge is 0.192 e. The summed E-state index contributed by atoms with van der Waals surface area (Å²) in [5.74, 6) is 0. The summed E-state index contributed by atoms with van der Waals surface area (Å²) in [6.07, 6.45) is 1.66. The highest BCUT2D eigenvalue weighted by Gasteiger charge is 2.07. The highest BCUT2D eigenvalue weighted by molar-refractivity contribution is 7.80. The summed E-state index contributed by atoms with van der Waals surface area (Å²) in [7, 11) is 0.